The Kier molecular flexibility index (Phi) is 6.45. The molecule has 0 saturated heterocycles. The van der Waals surface area contributed by atoms with Crippen molar-refractivity contribution in [1.29, 1.82) is 0 Å². The minimum Gasteiger partial charge on any atom is -0.496 e. The van der Waals surface area contributed by atoms with E-state index in [2.05, 4.69) is 10.6 Å². The fourth-order valence-electron chi connectivity index (χ4n) is 1.92. The Morgan fingerprint density at radius 2 is 2.04 bits per heavy atom. The van der Waals surface area contributed by atoms with Gasteiger partial charge in [-0.2, -0.15) is 0 Å². The van der Waals surface area contributed by atoms with E-state index in [0.29, 0.717) is 29.4 Å². The number of carbonyl (C=O) groups is 2. The van der Waals surface area contributed by atoms with Crippen LogP contribution in [-0.4, -0.2) is 32.0 Å². The number of rotatable bonds is 7. The predicted octanol–water partition coefficient (Wildman–Crippen LogP) is 2.50. The molecule has 0 aliphatic rings. The Balaban J connectivity index is 1.77. The lowest BCUT2D eigenvalue weighted by Crippen LogP contribution is -2.33. The number of hydrogen-bond acceptors (Lipinski definition) is 4. The van der Waals surface area contributed by atoms with Crippen molar-refractivity contribution in [2.24, 2.45) is 0 Å². The van der Waals surface area contributed by atoms with Crippen LogP contribution in [0.2, 0.25) is 5.02 Å². The lowest BCUT2D eigenvalue weighted by atomic mass is 10.2. The lowest BCUT2D eigenvalue weighted by molar-refractivity contribution is -0.116. The standard InChI is InChI=1S/C17H17ClN2O4/c1-23-14-6-5-13(18)11-12(14)4-7-16(21)19-8-9-20-17(22)15-3-2-10-24-15/h2-7,10-11H,8-9H2,1H3,(H,19,21)(H,20,22)/b7-4+. The lowest BCUT2D eigenvalue weighted by Gasteiger charge is -2.05. The zero-order valence-electron chi connectivity index (χ0n) is 13.0. The van der Waals surface area contributed by atoms with E-state index < -0.39 is 0 Å². The first-order valence-electron chi connectivity index (χ1n) is 7.21. The maximum atomic E-state index is 11.8. The van der Waals surface area contributed by atoms with Crippen LogP contribution in [0.25, 0.3) is 6.08 Å². The van der Waals surface area contributed by atoms with Gasteiger partial charge < -0.3 is 19.8 Å². The summed E-state index contributed by atoms with van der Waals surface area (Å²) in [6, 6.07) is 8.33. The molecular weight excluding hydrogens is 332 g/mol. The minimum atomic E-state index is -0.326. The van der Waals surface area contributed by atoms with Crippen molar-refractivity contribution in [1.82, 2.24) is 10.6 Å². The van der Waals surface area contributed by atoms with Gasteiger partial charge in [-0.1, -0.05) is 11.6 Å². The summed E-state index contributed by atoms with van der Waals surface area (Å²) in [5, 5.41) is 5.84. The van der Waals surface area contributed by atoms with Crippen molar-refractivity contribution in [3.8, 4) is 5.75 Å². The highest BCUT2D eigenvalue weighted by Crippen LogP contribution is 2.23. The summed E-state index contributed by atoms with van der Waals surface area (Å²) in [7, 11) is 1.54. The van der Waals surface area contributed by atoms with Gasteiger partial charge in [-0.05, 0) is 36.4 Å². The number of ether oxygens (including phenoxy) is 1. The second kappa shape index (κ2) is 8.79. The highest BCUT2D eigenvalue weighted by Gasteiger charge is 2.07. The first kappa shape index (κ1) is 17.6. The van der Waals surface area contributed by atoms with Crippen LogP contribution < -0.4 is 15.4 Å². The molecule has 2 aromatic rings. The average Bonchev–Trinajstić information content (AvgIpc) is 3.11. The number of furan rings is 1. The van der Waals surface area contributed by atoms with Crippen LogP contribution in [0.4, 0.5) is 0 Å². The third-order valence-electron chi connectivity index (χ3n) is 3.06. The van der Waals surface area contributed by atoms with E-state index in [1.165, 1.54) is 12.3 Å². The first-order valence-corrected chi connectivity index (χ1v) is 7.59. The van der Waals surface area contributed by atoms with E-state index in [4.69, 9.17) is 20.8 Å². The van der Waals surface area contributed by atoms with Gasteiger partial charge in [0.25, 0.3) is 5.91 Å². The predicted molar refractivity (Wildman–Crippen MR) is 91.1 cm³/mol. The maximum Gasteiger partial charge on any atom is 0.287 e. The summed E-state index contributed by atoms with van der Waals surface area (Å²) < 4.78 is 10.2. The Bertz CT molecular complexity index is 726. The van der Waals surface area contributed by atoms with Crippen LogP contribution in [0, 0.1) is 0 Å². The van der Waals surface area contributed by atoms with Crippen molar-refractivity contribution in [2.45, 2.75) is 0 Å². The molecule has 24 heavy (non-hydrogen) atoms. The van der Waals surface area contributed by atoms with Crippen LogP contribution in [0.1, 0.15) is 16.1 Å². The molecule has 0 unspecified atom stereocenters. The molecule has 7 heteroatoms. The number of amides is 2. The van der Waals surface area contributed by atoms with Gasteiger partial charge in [0.2, 0.25) is 5.91 Å². The molecule has 2 amide bonds. The van der Waals surface area contributed by atoms with Gasteiger partial charge in [0, 0.05) is 29.8 Å². The van der Waals surface area contributed by atoms with Crippen molar-refractivity contribution in [3.05, 3.63) is 59.0 Å². The van der Waals surface area contributed by atoms with Crippen LogP contribution in [0.3, 0.4) is 0 Å². The molecule has 0 spiro atoms. The second-order valence-electron chi connectivity index (χ2n) is 4.74. The molecule has 0 bridgehead atoms. The smallest absolute Gasteiger partial charge is 0.287 e. The average molecular weight is 349 g/mol. The topological polar surface area (TPSA) is 80.6 Å². The largest absolute Gasteiger partial charge is 0.496 e. The molecule has 6 nitrogen and oxygen atoms in total. The minimum absolute atomic E-state index is 0.231. The monoisotopic (exact) mass is 348 g/mol. The third-order valence-corrected chi connectivity index (χ3v) is 3.30. The summed E-state index contributed by atoms with van der Waals surface area (Å²) in [6.45, 7) is 0.585. The maximum absolute atomic E-state index is 11.8. The Hall–Kier alpha value is -2.73. The van der Waals surface area contributed by atoms with Crippen LogP contribution in [0.15, 0.2) is 47.1 Å². The number of nitrogens with one attached hydrogen (secondary N) is 2. The van der Waals surface area contributed by atoms with Gasteiger partial charge in [0.1, 0.15) is 5.75 Å². The Morgan fingerprint density at radius 1 is 1.25 bits per heavy atom. The van der Waals surface area contributed by atoms with Crippen molar-refractivity contribution < 1.29 is 18.7 Å². The number of halogens is 1. The van der Waals surface area contributed by atoms with Gasteiger partial charge in [0.05, 0.1) is 13.4 Å². The molecule has 1 aromatic heterocycles. The van der Waals surface area contributed by atoms with E-state index >= 15 is 0 Å². The van der Waals surface area contributed by atoms with Gasteiger partial charge >= 0.3 is 0 Å². The number of benzene rings is 1. The Labute approximate surface area is 144 Å². The zero-order chi connectivity index (χ0) is 17.4. The summed E-state index contributed by atoms with van der Waals surface area (Å²) in [6.07, 6.45) is 4.41. The second-order valence-corrected chi connectivity index (χ2v) is 5.18. The van der Waals surface area contributed by atoms with Gasteiger partial charge in [-0.25, -0.2) is 0 Å². The van der Waals surface area contributed by atoms with Gasteiger partial charge in [-0.3, -0.25) is 9.59 Å². The fraction of sp³-hybridized carbons (Fsp3) is 0.176. The van der Waals surface area contributed by atoms with Crippen molar-refractivity contribution >= 4 is 29.5 Å². The molecule has 0 aliphatic heterocycles. The summed E-state index contributed by atoms with van der Waals surface area (Å²) >= 11 is 5.93. The molecule has 0 radical (unpaired) electrons. The van der Waals surface area contributed by atoms with Crippen LogP contribution in [-0.2, 0) is 4.79 Å². The highest BCUT2D eigenvalue weighted by molar-refractivity contribution is 6.30. The molecule has 2 N–H and O–H groups in total. The molecule has 1 heterocycles. The van der Waals surface area contributed by atoms with Crippen LogP contribution >= 0.6 is 11.6 Å². The number of methoxy groups -OCH3 is 1. The molecule has 0 saturated carbocycles. The van der Waals surface area contributed by atoms with E-state index in [0.717, 1.165) is 0 Å². The van der Waals surface area contributed by atoms with Crippen molar-refractivity contribution in [3.63, 3.8) is 0 Å². The highest BCUT2D eigenvalue weighted by atomic mass is 35.5. The summed E-state index contributed by atoms with van der Waals surface area (Å²) in [5.41, 5.74) is 0.700. The molecule has 126 valence electrons. The number of carbonyl (C=O) groups excluding carboxylic acids is 2. The summed E-state index contributed by atoms with van der Waals surface area (Å²) in [4.78, 5) is 23.4. The van der Waals surface area contributed by atoms with Gasteiger partial charge in [-0.15, -0.1) is 0 Å². The number of hydrogen-bond donors (Lipinski definition) is 2. The van der Waals surface area contributed by atoms with Crippen molar-refractivity contribution in [2.75, 3.05) is 20.2 Å². The quantitative estimate of drug-likeness (QED) is 0.595. The fourth-order valence-corrected chi connectivity index (χ4v) is 2.10. The Morgan fingerprint density at radius 3 is 2.75 bits per heavy atom. The molecule has 0 atom stereocenters. The van der Waals surface area contributed by atoms with Gasteiger partial charge in [0.15, 0.2) is 5.76 Å². The SMILES string of the molecule is COc1ccc(Cl)cc1/C=C/C(=O)NCCNC(=O)c1ccco1. The molecule has 0 aliphatic carbocycles. The normalized spacial score (nSPS) is 10.6. The zero-order valence-corrected chi connectivity index (χ0v) is 13.8. The molecule has 1 aromatic carbocycles. The molecule has 2 rings (SSSR count). The summed E-state index contributed by atoms with van der Waals surface area (Å²) in [5.74, 6) is 0.237. The van der Waals surface area contributed by atoms with E-state index in [1.54, 1.807) is 43.5 Å². The van der Waals surface area contributed by atoms with E-state index in [1.807, 2.05) is 0 Å². The van der Waals surface area contributed by atoms with Crippen LogP contribution in [0.5, 0.6) is 5.75 Å². The van der Waals surface area contributed by atoms with E-state index in [-0.39, 0.29) is 17.6 Å². The molecular formula is C17H17ClN2O4. The molecule has 0 fully saturated rings. The first-order chi connectivity index (χ1) is 11.6. The third kappa shape index (κ3) is 5.17. The van der Waals surface area contributed by atoms with E-state index in [9.17, 15) is 9.59 Å².